The molecular weight excluding hydrogens is 276 g/mol. The fourth-order valence-corrected chi connectivity index (χ4v) is 2.89. The summed E-state index contributed by atoms with van der Waals surface area (Å²) in [5, 5.41) is 3.32. The van der Waals surface area contributed by atoms with Gasteiger partial charge in [-0.3, -0.25) is 0 Å². The standard InChI is InChI=1S/C14H22N2O3S/c1-20(17,18)12-4-11-19-14-6-3-2-5-13(14)16-9-7-15-8-10-16/h2-3,5-6,15H,4,7-12H2,1H3. The summed E-state index contributed by atoms with van der Waals surface area (Å²) < 4.78 is 27.9. The topological polar surface area (TPSA) is 58.6 Å². The molecule has 0 bridgehead atoms. The molecule has 0 amide bonds. The molecule has 6 heteroatoms. The van der Waals surface area contributed by atoms with Gasteiger partial charge in [-0.25, -0.2) is 8.42 Å². The van der Waals surface area contributed by atoms with E-state index in [1.165, 1.54) is 6.26 Å². The smallest absolute Gasteiger partial charge is 0.147 e. The third kappa shape index (κ3) is 4.68. The fraction of sp³-hybridized carbons (Fsp3) is 0.571. The number of nitrogens with zero attached hydrogens (tertiary/aromatic N) is 1. The summed E-state index contributed by atoms with van der Waals surface area (Å²) in [6.07, 6.45) is 1.77. The average Bonchev–Trinajstić information content (AvgIpc) is 2.44. The maximum atomic E-state index is 11.1. The Kier molecular flexibility index (Phi) is 5.25. The molecule has 20 heavy (non-hydrogen) atoms. The first-order valence-electron chi connectivity index (χ1n) is 6.91. The zero-order valence-electron chi connectivity index (χ0n) is 11.8. The number of ether oxygens (including phenoxy) is 1. The van der Waals surface area contributed by atoms with Crippen LogP contribution in [0.15, 0.2) is 24.3 Å². The molecule has 1 aromatic rings. The molecule has 0 saturated carbocycles. The van der Waals surface area contributed by atoms with Crippen molar-refractivity contribution in [2.45, 2.75) is 6.42 Å². The molecule has 0 aromatic heterocycles. The second kappa shape index (κ2) is 6.95. The van der Waals surface area contributed by atoms with Crippen LogP contribution in [0.25, 0.3) is 0 Å². The Morgan fingerprint density at radius 2 is 1.95 bits per heavy atom. The summed E-state index contributed by atoms with van der Waals surface area (Å²) in [4.78, 5) is 2.29. The minimum absolute atomic E-state index is 0.169. The van der Waals surface area contributed by atoms with Gasteiger partial charge in [-0.15, -0.1) is 0 Å². The van der Waals surface area contributed by atoms with Gasteiger partial charge in [-0.05, 0) is 18.6 Å². The van der Waals surface area contributed by atoms with Crippen LogP contribution in [0, 0.1) is 0 Å². The molecule has 1 aliphatic rings. The quantitative estimate of drug-likeness (QED) is 0.791. The minimum Gasteiger partial charge on any atom is -0.491 e. The molecule has 0 radical (unpaired) electrons. The van der Waals surface area contributed by atoms with E-state index in [1.54, 1.807) is 0 Å². The number of sulfone groups is 1. The second-order valence-corrected chi connectivity index (χ2v) is 7.30. The Balaban J connectivity index is 1.93. The van der Waals surface area contributed by atoms with Gasteiger partial charge in [-0.2, -0.15) is 0 Å². The van der Waals surface area contributed by atoms with Crippen LogP contribution >= 0.6 is 0 Å². The number of rotatable bonds is 6. The zero-order valence-corrected chi connectivity index (χ0v) is 12.7. The fourth-order valence-electron chi connectivity index (χ4n) is 2.25. The van der Waals surface area contributed by atoms with E-state index >= 15 is 0 Å². The lowest BCUT2D eigenvalue weighted by atomic mass is 10.2. The van der Waals surface area contributed by atoms with Gasteiger partial charge in [0.25, 0.3) is 0 Å². The van der Waals surface area contributed by atoms with Crippen LogP contribution in [0.2, 0.25) is 0 Å². The molecule has 0 spiro atoms. The van der Waals surface area contributed by atoms with E-state index in [4.69, 9.17) is 4.74 Å². The SMILES string of the molecule is CS(=O)(=O)CCCOc1ccccc1N1CCNCC1. The Morgan fingerprint density at radius 1 is 1.25 bits per heavy atom. The van der Waals surface area contributed by atoms with Crippen LogP contribution in [-0.2, 0) is 9.84 Å². The lowest BCUT2D eigenvalue weighted by molar-refractivity contribution is 0.317. The molecule has 1 saturated heterocycles. The van der Waals surface area contributed by atoms with Crippen molar-refractivity contribution in [1.82, 2.24) is 5.32 Å². The zero-order chi connectivity index (χ0) is 14.4. The predicted octanol–water partition coefficient (Wildman–Crippen LogP) is 0.910. The summed E-state index contributed by atoms with van der Waals surface area (Å²) >= 11 is 0. The number of nitrogens with one attached hydrogen (secondary N) is 1. The number of benzene rings is 1. The molecule has 0 unspecified atom stereocenters. The van der Waals surface area contributed by atoms with Gasteiger partial charge >= 0.3 is 0 Å². The van der Waals surface area contributed by atoms with E-state index in [0.29, 0.717) is 13.0 Å². The van der Waals surface area contributed by atoms with Crippen LogP contribution in [-0.4, -0.2) is 53.2 Å². The highest BCUT2D eigenvalue weighted by Gasteiger charge is 2.14. The Labute approximate surface area is 120 Å². The summed E-state index contributed by atoms with van der Waals surface area (Å²) in [5.74, 6) is 1.01. The van der Waals surface area contributed by atoms with Gasteiger partial charge in [0.2, 0.25) is 0 Å². The molecule has 1 aromatic carbocycles. The summed E-state index contributed by atoms with van der Waals surface area (Å²) in [6, 6.07) is 7.94. The van der Waals surface area contributed by atoms with Crippen molar-refractivity contribution in [3.05, 3.63) is 24.3 Å². The highest BCUT2D eigenvalue weighted by molar-refractivity contribution is 7.90. The number of piperazine rings is 1. The molecule has 5 nitrogen and oxygen atoms in total. The van der Waals surface area contributed by atoms with Crippen LogP contribution in [0.1, 0.15) is 6.42 Å². The lowest BCUT2D eigenvalue weighted by Crippen LogP contribution is -2.43. The van der Waals surface area contributed by atoms with Crippen LogP contribution < -0.4 is 15.0 Å². The maximum absolute atomic E-state index is 11.1. The molecule has 1 fully saturated rings. The number of hydrogen-bond acceptors (Lipinski definition) is 5. The number of hydrogen-bond donors (Lipinski definition) is 1. The normalized spacial score (nSPS) is 16.1. The van der Waals surface area contributed by atoms with Crippen molar-refractivity contribution in [1.29, 1.82) is 0 Å². The van der Waals surface area contributed by atoms with Crippen molar-refractivity contribution in [3.63, 3.8) is 0 Å². The summed E-state index contributed by atoms with van der Waals surface area (Å²) in [5.41, 5.74) is 1.09. The Bertz CT molecular complexity index is 525. The van der Waals surface area contributed by atoms with Gasteiger partial charge in [-0.1, -0.05) is 12.1 Å². The lowest BCUT2D eigenvalue weighted by Gasteiger charge is -2.30. The largest absolute Gasteiger partial charge is 0.491 e. The van der Waals surface area contributed by atoms with E-state index in [0.717, 1.165) is 37.6 Å². The van der Waals surface area contributed by atoms with Crippen LogP contribution in [0.5, 0.6) is 5.75 Å². The molecule has 2 rings (SSSR count). The second-order valence-electron chi connectivity index (χ2n) is 5.04. The third-order valence-electron chi connectivity index (χ3n) is 3.24. The number of anilines is 1. The molecule has 112 valence electrons. The van der Waals surface area contributed by atoms with Gasteiger partial charge in [0.15, 0.2) is 0 Å². The van der Waals surface area contributed by atoms with Gasteiger partial charge in [0, 0.05) is 32.4 Å². The highest BCUT2D eigenvalue weighted by atomic mass is 32.2. The molecular formula is C14H22N2O3S. The van der Waals surface area contributed by atoms with Crippen molar-refractivity contribution >= 4 is 15.5 Å². The third-order valence-corrected chi connectivity index (χ3v) is 4.27. The van der Waals surface area contributed by atoms with E-state index < -0.39 is 9.84 Å². The average molecular weight is 298 g/mol. The van der Waals surface area contributed by atoms with Crippen molar-refractivity contribution in [2.24, 2.45) is 0 Å². The maximum Gasteiger partial charge on any atom is 0.147 e. The van der Waals surface area contributed by atoms with Crippen molar-refractivity contribution in [2.75, 3.05) is 49.7 Å². The van der Waals surface area contributed by atoms with Crippen molar-refractivity contribution < 1.29 is 13.2 Å². The molecule has 1 heterocycles. The van der Waals surface area contributed by atoms with E-state index in [1.807, 2.05) is 18.2 Å². The minimum atomic E-state index is -2.91. The Hall–Kier alpha value is -1.27. The van der Waals surface area contributed by atoms with E-state index in [9.17, 15) is 8.42 Å². The van der Waals surface area contributed by atoms with Crippen molar-refractivity contribution in [3.8, 4) is 5.75 Å². The van der Waals surface area contributed by atoms with Crippen LogP contribution in [0.4, 0.5) is 5.69 Å². The van der Waals surface area contributed by atoms with Gasteiger partial charge < -0.3 is 15.0 Å². The molecule has 1 aliphatic heterocycles. The first kappa shape index (κ1) is 15.1. The van der Waals surface area contributed by atoms with Gasteiger partial charge in [0.05, 0.1) is 18.0 Å². The summed E-state index contributed by atoms with van der Waals surface area (Å²) in [7, 11) is -2.91. The first-order chi connectivity index (χ1) is 9.56. The van der Waals surface area contributed by atoms with E-state index in [2.05, 4.69) is 16.3 Å². The van der Waals surface area contributed by atoms with Gasteiger partial charge in [0.1, 0.15) is 15.6 Å². The predicted molar refractivity (Wildman–Crippen MR) is 81.3 cm³/mol. The first-order valence-corrected chi connectivity index (χ1v) is 8.97. The summed E-state index contributed by atoms with van der Waals surface area (Å²) in [6.45, 7) is 4.30. The monoisotopic (exact) mass is 298 g/mol. The molecule has 1 N–H and O–H groups in total. The highest BCUT2D eigenvalue weighted by Crippen LogP contribution is 2.28. The number of para-hydroxylation sites is 2. The van der Waals surface area contributed by atoms with Crippen LogP contribution in [0.3, 0.4) is 0 Å². The Morgan fingerprint density at radius 3 is 2.65 bits per heavy atom. The molecule has 0 atom stereocenters. The van der Waals surface area contributed by atoms with E-state index in [-0.39, 0.29) is 5.75 Å². The molecule has 0 aliphatic carbocycles.